The highest BCUT2D eigenvalue weighted by Gasteiger charge is 2.32. The van der Waals surface area contributed by atoms with Gasteiger partial charge in [-0.1, -0.05) is 0 Å². The molecule has 1 aliphatic carbocycles. The number of rotatable bonds is 3. The zero-order valence-electron chi connectivity index (χ0n) is 19.2. The lowest BCUT2D eigenvalue weighted by Crippen LogP contribution is -2.40. The van der Waals surface area contributed by atoms with Gasteiger partial charge < -0.3 is 15.4 Å². The summed E-state index contributed by atoms with van der Waals surface area (Å²) in [5.74, 6) is 1.65. The van der Waals surface area contributed by atoms with Gasteiger partial charge in [0.15, 0.2) is 0 Å². The minimum atomic E-state index is -0.258. The molecule has 6 rings (SSSR count). The van der Waals surface area contributed by atoms with E-state index in [9.17, 15) is 14.0 Å². The monoisotopic (exact) mass is 491 g/mol. The maximum atomic E-state index is 13.9. The molecule has 35 heavy (non-hydrogen) atoms. The summed E-state index contributed by atoms with van der Waals surface area (Å²) in [5.41, 5.74) is 3.13. The quantitative estimate of drug-likeness (QED) is 0.542. The molecule has 180 valence electrons. The van der Waals surface area contributed by atoms with Crippen molar-refractivity contribution in [1.82, 2.24) is 10.3 Å². The molecule has 2 amide bonds. The van der Waals surface area contributed by atoms with Crippen LogP contribution in [-0.4, -0.2) is 35.2 Å². The number of ether oxygens (including phenoxy) is 1. The van der Waals surface area contributed by atoms with Gasteiger partial charge in [0.1, 0.15) is 11.6 Å². The number of halogens is 1. The van der Waals surface area contributed by atoms with Gasteiger partial charge in [-0.05, 0) is 74.4 Å². The average molecular weight is 492 g/mol. The molecule has 1 aromatic heterocycles. The molecule has 3 aliphatic rings. The van der Waals surface area contributed by atoms with Gasteiger partial charge in [-0.2, -0.15) is 0 Å². The minimum absolute atomic E-state index is 0.0397. The molecule has 0 bridgehead atoms. The van der Waals surface area contributed by atoms with E-state index >= 15 is 0 Å². The van der Waals surface area contributed by atoms with Crippen molar-refractivity contribution >= 4 is 40.2 Å². The number of carbonyl (C=O) groups excluding carboxylic acids is 2. The van der Waals surface area contributed by atoms with E-state index in [4.69, 9.17) is 4.74 Å². The van der Waals surface area contributed by atoms with Crippen molar-refractivity contribution in [2.24, 2.45) is 11.8 Å². The van der Waals surface area contributed by atoms with E-state index in [1.807, 2.05) is 12.1 Å². The smallest absolute Gasteiger partial charge is 0.251 e. The normalized spacial score (nSPS) is 23.6. The molecule has 3 heterocycles. The predicted octanol–water partition coefficient (Wildman–Crippen LogP) is 4.96. The Kier molecular flexibility index (Phi) is 5.84. The molecule has 2 N–H and O–H groups in total. The van der Waals surface area contributed by atoms with E-state index in [0.29, 0.717) is 35.4 Å². The topological polar surface area (TPSA) is 80.3 Å². The zero-order chi connectivity index (χ0) is 23.9. The predicted molar refractivity (Wildman–Crippen MR) is 133 cm³/mol. The number of hydrogen-bond donors (Lipinski definition) is 2. The van der Waals surface area contributed by atoms with Gasteiger partial charge in [0.25, 0.3) is 5.91 Å². The lowest BCUT2D eigenvalue weighted by Gasteiger charge is -2.36. The molecular formula is C27H26FN3O3S. The highest BCUT2D eigenvalue weighted by molar-refractivity contribution is 8.00. The van der Waals surface area contributed by atoms with Crippen molar-refractivity contribution in [1.29, 1.82) is 0 Å². The third-order valence-electron chi connectivity index (χ3n) is 7.47. The Morgan fingerprint density at radius 3 is 2.83 bits per heavy atom. The average Bonchev–Trinajstić information content (AvgIpc) is 2.88. The highest BCUT2D eigenvalue weighted by atomic mass is 32.2. The van der Waals surface area contributed by atoms with Crippen LogP contribution in [0.25, 0.3) is 10.9 Å². The second kappa shape index (κ2) is 9.15. The lowest BCUT2D eigenvalue weighted by molar-refractivity contribution is -0.113. The maximum Gasteiger partial charge on any atom is 0.251 e. The fraction of sp³-hybridized carbons (Fsp3) is 0.370. The first-order valence-corrected chi connectivity index (χ1v) is 13.1. The summed E-state index contributed by atoms with van der Waals surface area (Å²) in [6.45, 7) is 0.649. The van der Waals surface area contributed by atoms with Crippen LogP contribution in [-0.2, 0) is 11.2 Å². The van der Waals surface area contributed by atoms with Crippen LogP contribution in [0.4, 0.5) is 10.1 Å². The second-order valence-corrected chi connectivity index (χ2v) is 10.7. The van der Waals surface area contributed by atoms with Crippen LogP contribution in [0.5, 0.6) is 5.75 Å². The maximum absolute atomic E-state index is 13.9. The number of thioether (sulfide) groups is 1. The lowest BCUT2D eigenvalue weighted by atomic mass is 9.75. The van der Waals surface area contributed by atoms with Crippen LogP contribution in [0, 0.1) is 17.7 Å². The van der Waals surface area contributed by atoms with Crippen LogP contribution in [0.15, 0.2) is 47.5 Å². The molecule has 1 fully saturated rings. The van der Waals surface area contributed by atoms with Gasteiger partial charge in [-0.25, -0.2) is 4.39 Å². The number of nitrogens with zero attached hydrogens (tertiary/aromatic N) is 1. The van der Waals surface area contributed by atoms with Crippen LogP contribution < -0.4 is 15.4 Å². The minimum Gasteiger partial charge on any atom is -0.491 e. The van der Waals surface area contributed by atoms with Gasteiger partial charge in [0.05, 0.1) is 29.8 Å². The van der Waals surface area contributed by atoms with Crippen molar-refractivity contribution in [2.75, 3.05) is 17.7 Å². The number of benzene rings is 2. The number of fused-ring (bicyclic) bond motifs is 4. The second-order valence-electron chi connectivity index (χ2n) is 9.67. The summed E-state index contributed by atoms with van der Waals surface area (Å²) in [4.78, 5) is 29.9. The van der Waals surface area contributed by atoms with E-state index in [1.54, 1.807) is 24.4 Å². The fourth-order valence-electron chi connectivity index (χ4n) is 5.59. The Balaban J connectivity index is 1.08. The molecule has 2 aliphatic heterocycles. The van der Waals surface area contributed by atoms with Crippen molar-refractivity contribution in [2.45, 2.75) is 43.0 Å². The number of anilines is 1. The Labute approximate surface area is 207 Å². The van der Waals surface area contributed by atoms with E-state index in [2.05, 4.69) is 15.6 Å². The van der Waals surface area contributed by atoms with Crippen molar-refractivity contribution in [3.63, 3.8) is 0 Å². The number of hydrogen-bond acceptors (Lipinski definition) is 5. The Morgan fingerprint density at radius 1 is 1.11 bits per heavy atom. The first kappa shape index (κ1) is 22.3. The van der Waals surface area contributed by atoms with E-state index in [1.165, 1.54) is 17.8 Å². The fourth-order valence-corrected chi connectivity index (χ4v) is 6.37. The summed E-state index contributed by atoms with van der Waals surface area (Å²) in [6.07, 6.45) is 6.48. The van der Waals surface area contributed by atoms with E-state index in [0.717, 1.165) is 59.2 Å². The largest absolute Gasteiger partial charge is 0.491 e. The Morgan fingerprint density at radius 2 is 1.97 bits per heavy atom. The summed E-state index contributed by atoms with van der Waals surface area (Å²) < 4.78 is 20.0. The standard InChI is InChI=1S/C27H26FN3O3S/c28-18-4-7-22-20(11-18)21-9-17(13-34-24(21)12-29-22)15-1-5-19(6-2-15)30-27(33)16-3-8-25-23(10-16)31-26(32)14-35-25/h3-4,7-8,10-12,15,17,19H,1-2,5-6,9,13-14H2,(H,30,33)(H,31,32). The van der Waals surface area contributed by atoms with Crippen molar-refractivity contribution in [3.8, 4) is 5.75 Å². The highest BCUT2D eigenvalue weighted by Crippen LogP contribution is 2.39. The molecule has 1 saturated carbocycles. The van der Waals surface area contributed by atoms with E-state index in [-0.39, 0.29) is 23.7 Å². The number of pyridine rings is 1. The van der Waals surface area contributed by atoms with Crippen LogP contribution in [0.2, 0.25) is 0 Å². The summed E-state index contributed by atoms with van der Waals surface area (Å²) in [6, 6.07) is 10.3. The third kappa shape index (κ3) is 4.47. The summed E-state index contributed by atoms with van der Waals surface area (Å²) in [5, 5.41) is 6.87. The molecule has 8 heteroatoms. The van der Waals surface area contributed by atoms with Gasteiger partial charge >= 0.3 is 0 Å². The van der Waals surface area contributed by atoms with Crippen molar-refractivity contribution in [3.05, 3.63) is 59.5 Å². The summed E-state index contributed by atoms with van der Waals surface area (Å²) in [7, 11) is 0. The Hall–Kier alpha value is -3.13. The van der Waals surface area contributed by atoms with Gasteiger partial charge in [-0.15, -0.1) is 11.8 Å². The SMILES string of the molecule is O=C1CSc2ccc(C(=O)NC3CCC(C4COc5cnc6ccc(F)cc6c5C4)CC3)cc2N1. The molecular weight excluding hydrogens is 465 g/mol. The number of amides is 2. The van der Waals surface area contributed by atoms with Gasteiger partial charge in [0, 0.05) is 33.4 Å². The summed E-state index contributed by atoms with van der Waals surface area (Å²) >= 11 is 1.49. The Bertz CT molecular complexity index is 1320. The molecule has 0 spiro atoms. The van der Waals surface area contributed by atoms with Crippen LogP contribution in [0.1, 0.15) is 41.6 Å². The molecule has 2 aromatic carbocycles. The molecule has 3 aromatic rings. The molecule has 6 nitrogen and oxygen atoms in total. The molecule has 0 radical (unpaired) electrons. The van der Waals surface area contributed by atoms with Gasteiger partial charge in [-0.3, -0.25) is 14.6 Å². The van der Waals surface area contributed by atoms with Crippen molar-refractivity contribution < 1.29 is 18.7 Å². The number of aromatic nitrogens is 1. The number of carbonyl (C=O) groups is 2. The zero-order valence-corrected chi connectivity index (χ0v) is 20.0. The van der Waals surface area contributed by atoms with Crippen LogP contribution >= 0.6 is 11.8 Å². The first-order valence-electron chi connectivity index (χ1n) is 12.1. The van der Waals surface area contributed by atoms with Crippen LogP contribution in [0.3, 0.4) is 0 Å². The first-order chi connectivity index (χ1) is 17.0. The number of nitrogens with one attached hydrogen (secondary N) is 2. The molecule has 1 unspecified atom stereocenters. The van der Waals surface area contributed by atoms with E-state index < -0.39 is 0 Å². The molecule has 0 saturated heterocycles. The van der Waals surface area contributed by atoms with Gasteiger partial charge in [0.2, 0.25) is 5.91 Å². The molecule has 1 atom stereocenters. The third-order valence-corrected chi connectivity index (χ3v) is 8.54.